The lowest BCUT2D eigenvalue weighted by Gasteiger charge is -2.14. The summed E-state index contributed by atoms with van der Waals surface area (Å²) in [6.45, 7) is 6.27. The maximum absolute atomic E-state index is 12.4. The summed E-state index contributed by atoms with van der Waals surface area (Å²) in [6, 6.07) is 17.9. The molecule has 0 aliphatic heterocycles. The Balaban J connectivity index is 1.61. The van der Waals surface area contributed by atoms with Gasteiger partial charge in [-0.1, -0.05) is 56.3 Å². The summed E-state index contributed by atoms with van der Waals surface area (Å²) in [5.41, 5.74) is 3.55. The molecule has 0 spiro atoms. The Kier molecular flexibility index (Phi) is 5.81. The molecule has 1 atom stereocenters. The van der Waals surface area contributed by atoms with Crippen molar-refractivity contribution in [1.82, 2.24) is 15.3 Å². The number of rotatable bonds is 6. The molecule has 3 aromatic rings. The molecule has 0 saturated carbocycles. The molecule has 5 nitrogen and oxygen atoms in total. The highest BCUT2D eigenvalue weighted by Gasteiger charge is 2.13. The third-order valence-corrected chi connectivity index (χ3v) is 4.38. The molecule has 1 aromatic heterocycles. The minimum atomic E-state index is -0.244. The first-order chi connectivity index (χ1) is 13.0. The largest absolute Gasteiger partial charge is 0.344 e. The number of hydrogen-bond acceptors (Lipinski definition) is 4. The summed E-state index contributed by atoms with van der Waals surface area (Å²) >= 11 is 0. The first-order valence-electron chi connectivity index (χ1n) is 9.08. The molecule has 1 amide bonds. The van der Waals surface area contributed by atoms with Gasteiger partial charge in [-0.15, -0.1) is 0 Å². The molecular weight excluding hydrogens is 336 g/mol. The van der Waals surface area contributed by atoms with Crippen molar-refractivity contribution in [1.29, 1.82) is 0 Å². The Morgan fingerprint density at radius 1 is 0.852 bits per heavy atom. The topological polar surface area (TPSA) is 66.9 Å². The van der Waals surface area contributed by atoms with Crippen molar-refractivity contribution in [3.63, 3.8) is 0 Å². The zero-order valence-electron chi connectivity index (χ0n) is 15.8. The monoisotopic (exact) mass is 360 g/mol. The van der Waals surface area contributed by atoms with Crippen LogP contribution in [0.2, 0.25) is 0 Å². The van der Waals surface area contributed by atoms with E-state index in [4.69, 9.17) is 0 Å². The van der Waals surface area contributed by atoms with E-state index in [0.717, 1.165) is 11.3 Å². The fourth-order valence-electron chi connectivity index (χ4n) is 2.70. The maximum Gasteiger partial charge on any atom is 0.271 e. The van der Waals surface area contributed by atoms with E-state index >= 15 is 0 Å². The van der Waals surface area contributed by atoms with E-state index < -0.39 is 0 Å². The van der Waals surface area contributed by atoms with Crippen LogP contribution in [0.4, 0.5) is 11.5 Å². The first-order valence-corrected chi connectivity index (χ1v) is 9.08. The standard InChI is InChI=1S/C22H24N4O/c1-15(2)17-9-11-19(12-10-17)26-21-14-23-20(13-24-21)22(27)25-16(3)18-7-5-4-6-8-18/h4-16H,1-3H3,(H,24,26)(H,25,27). The molecule has 1 heterocycles. The molecule has 27 heavy (non-hydrogen) atoms. The van der Waals surface area contributed by atoms with Crippen LogP contribution in [-0.4, -0.2) is 15.9 Å². The number of nitrogens with one attached hydrogen (secondary N) is 2. The van der Waals surface area contributed by atoms with Gasteiger partial charge < -0.3 is 10.6 Å². The Hall–Kier alpha value is -3.21. The third-order valence-electron chi connectivity index (χ3n) is 4.38. The number of nitrogens with zero attached hydrogens (tertiary/aromatic N) is 2. The quantitative estimate of drug-likeness (QED) is 0.660. The molecule has 0 saturated heterocycles. The second-order valence-corrected chi connectivity index (χ2v) is 6.79. The first kappa shape index (κ1) is 18.6. The zero-order chi connectivity index (χ0) is 19.2. The second-order valence-electron chi connectivity index (χ2n) is 6.79. The Morgan fingerprint density at radius 3 is 2.15 bits per heavy atom. The number of benzene rings is 2. The van der Waals surface area contributed by atoms with E-state index in [2.05, 4.69) is 46.6 Å². The van der Waals surface area contributed by atoms with E-state index in [1.807, 2.05) is 49.4 Å². The molecular formula is C22H24N4O. The van der Waals surface area contributed by atoms with Crippen molar-refractivity contribution >= 4 is 17.4 Å². The van der Waals surface area contributed by atoms with E-state index in [1.165, 1.54) is 11.8 Å². The van der Waals surface area contributed by atoms with Gasteiger partial charge in [-0.2, -0.15) is 0 Å². The van der Waals surface area contributed by atoms with Gasteiger partial charge in [0.2, 0.25) is 0 Å². The molecule has 138 valence electrons. The number of carbonyl (C=O) groups excluding carboxylic acids is 1. The summed E-state index contributed by atoms with van der Waals surface area (Å²) in [5.74, 6) is 0.849. The molecule has 5 heteroatoms. The average Bonchev–Trinajstić information content (AvgIpc) is 2.69. The van der Waals surface area contributed by atoms with Gasteiger partial charge in [0.05, 0.1) is 18.4 Å². The Bertz CT molecular complexity index is 874. The molecule has 2 aromatic carbocycles. The van der Waals surface area contributed by atoms with Crippen LogP contribution in [0.15, 0.2) is 67.0 Å². The summed E-state index contributed by atoms with van der Waals surface area (Å²) < 4.78 is 0. The summed E-state index contributed by atoms with van der Waals surface area (Å²) in [4.78, 5) is 20.9. The molecule has 0 radical (unpaired) electrons. The van der Waals surface area contributed by atoms with Crippen LogP contribution in [0.5, 0.6) is 0 Å². The van der Waals surface area contributed by atoms with Crippen LogP contribution < -0.4 is 10.6 Å². The molecule has 0 fully saturated rings. The van der Waals surface area contributed by atoms with Crippen LogP contribution in [0.3, 0.4) is 0 Å². The SMILES string of the molecule is CC(C)c1ccc(Nc2cnc(C(=O)NC(C)c3ccccc3)cn2)cc1. The van der Waals surface area contributed by atoms with Crippen molar-refractivity contribution in [2.75, 3.05) is 5.32 Å². The number of carbonyl (C=O) groups is 1. The molecule has 0 aliphatic carbocycles. The van der Waals surface area contributed by atoms with E-state index in [-0.39, 0.29) is 11.9 Å². The van der Waals surface area contributed by atoms with Gasteiger partial charge in [0, 0.05) is 5.69 Å². The average molecular weight is 360 g/mol. The normalized spacial score (nSPS) is 11.9. The lowest BCUT2D eigenvalue weighted by Crippen LogP contribution is -2.27. The van der Waals surface area contributed by atoms with Gasteiger partial charge in [-0.3, -0.25) is 4.79 Å². The van der Waals surface area contributed by atoms with Crippen molar-refractivity contribution in [3.05, 3.63) is 83.8 Å². The van der Waals surface area contributed by atoms with Gasteiger partial charge in [-0.25, -0.2) is 9.97 Å². The van der Waals surface area contributed by atoms with Crippen LogP contribution in [0.1, 0.15) is 54.3 Å². The van der Waals surface area contributed by atoms with Crippen molar-refractivity contribution < 1.29 is 4.79 Å². The van der Waals surface area contributed by atoms with Gasteiger partial charge in [-0.05, 0) is 36.1 Å². The van der Waals surface area contributed by atoms with Crippen LogP contribution in [0.25, 0.3) is 0 Å². The lowest BCUT2D eigenvalue weighted by atomic mass is 10.0. The van der Waals surface area contributed by atoms with Crippen LogP contribution in [0, 0.1) is 0 Å². The Morgan fingerprint density at radius 2 is 1.56 bits per heavy atom. The predicted octanol–water partition coefficient (Wildman–Crippen LogP) is 4.83. The van der Waals surface area contributed by atoms with Crippen LogP contribution >= 0.6 is 0 Å². The van der Waals surface area contributed by atoms with Gasteiger partial charge in [0.25, 0.3) is 5.91 Å². The molecule has 0 aliphatic rings. The van der Waals surface area contributed by atoms with Gasteiger partial charge in [0.1, 0.15) is 11.5 Å². The maximum atomic E-state index is 12.4. The fourth-order valence-corrected chi connectivity index (χ4v) is 2.70. The Labute approximate surface area is 159 Å². The van der Waals surface area contributed by atoms with Gasteiger partial charge in [0.15, 0.2) is 0 Å². The highest BCUT2D eigenvalue weighted by atomic mass is 16.1. The summed E-state index contributed by atoms with van der Waals surface area (Å²) in [5, 5.41) is 6.13. The van der Waals surface area contributed by atoms with Gasteiger partial charge >= 0.3 is 0 Å². The van der Waals surface area contributed by atoms with E-state index in [0.29, 0.717) is 17.4 Å². The second kappa shape index (κ2) is 8.45. The highest BCUT2D eigenvalue weighted by molar-refractivity contribution is 5.92. The smallest absolute Gasteiger partial charge is 0.271 e. The number of amides is 1. The minimum Gasteiger partial charge on any atom is -0.344 e. The van der Waals surface area contributed by atoms with E-state index in [1.54, 1.807) is 6.20 Å². The number of anilines is 2. The molecule has 2 N–H and O–H groups in total. The summed E-state index contributed by atoms with van der Waals surface area (Å²) in [7, 11) is 0. The van der Waals surface area contributed by atoms with Crippen molar-refractivity contribution in [2.45, 2.75) is 32.7 Å². The number of hydrogen-bond donors (Lipinski definition) is 2. The van der Waals surface area contributed by atoms with Crippen molar-refractivity contribution in [2.24, 2.45) is 0 Å². The summed E-state index contributed by atoms with van der Waals surface area (Å²) in [6.07, 6.45) is 3.05. The minimum absolute atomic E-state index is 0.0993. The fraction of sp³-hybridized carbons (Fsp3) is 0.227. The number of aromatic nitrogens is 2. The van der Waals surface area contributed by atoms with Crippen molar-refractivity contribution in [3.8, 4) is 0 Å². The molecule has 1 unspecified atom stereocenters. The van der Waals surface area contributed by atoms with E-state index in [9.17, 15) is 4.79 Å². The van der Waals surface area contributed by atoms with Crippen LogP contribution in [-0.2, 0) is 0 Å². The third kappa shape index (κ3) is 4.91. The zero-order valence-corrected chi connectivity index (χ0v) is 15.8. The molecule has 0 bridgehead atoms. The predicted molar refractivity (Wildman–Crippen MR) is 108 cm³/mol. The highest BCUT2D eigenvalue weighted by Crippen LogP contribution is 2.19. The molecule has 3 rings (SSSR count). The lowest BCUT2D eigenvalue weighted by molar-refractivity contribution is 0.0934.